The lowest BCUT2D eigenvalue weighted by molar-refractivity contribution is 0.0512. The van der Waals surface area contributed by atoms with Gasteiger partial charge in [0.25, 0.3) is 5.91 Å². The van der Waals surface area contributed by atoms with Crippen LogP contribution in [0.25, 0.3) is 0 Å². The Balaban J connectivity index is 1.94. The number of nitrogens with one attached hydrogen (secondary N) is 3. The highest BCUT2D eigenvalue weighted by Crippen LogP contribution is 2.26. The molecule has 0 radical (unpaired) electrons. The zero-order valence-electron chi connectivity index (χ0n) is 14.6. The normalized spacial score (nSPS) is 17.1. The van der Waals surface area contributed by atoms with Gasteiger partial charge >= 0.3 is 6.09 Å². The highest BCUT2D eigenvalue weighted by atomic mass is 16.6. The highest BCUT2D eigenvalue weighted by Gasteiger charge is 2.27. The molecule has 1 saturated carbocycles. The van der Waals surface area contributed by atoms with E-state index in [4.69, 9.17) is 4.74 Å². The smallest absolute Gasteiger partial charge is 0.407 e. The van der Waals surface area contributed by atoms with Crippen LogP contribution >= 0.6 is 0 Å². The fourth-order valence-electron chi connectivity index (χ4n) is 2.93. The maximum atomic E-state index is 12.3. The van der Waals surface area contributed by atoms with Crippen LogP contribution in [0.1, 0.15) is 63.4 Å². The molecule has 2 rings (SSSR count). The maximum absolute atomic E-state index is 12.3. The molecule has 1 aliphatic carbocycles. The molecule has 0 spiro atoms. The van der Waals surface area contributed by atoms with Crippen LogP contribution in [0.15, 0.2) is 6.20 Å². The molecule has 1 fully saturated rings. The number of aromatic amines is 1. The number of ether oxygens (including phenoxy) is 1. The third-order valence-corrected chi connectivity index (χ3v) is 4.05. The lowest BCUT2D eigenvalue weighted by atomic mass is 9.83. The van der Waals surface area contributed by atoms with Gasteiger partial charge in [0, 0.05) is 12.6 Å². The first kappa shape index (κ1) is 18.2. The first-order valence-corrected chi connectivity index (χ1v) is 8.48. The van der Waals surface area contributed by atoms with E-state index < -0.39 is 11.7 Å². The largest absolute Gasteiger partial charge is 0.444 e. The van der Waals surface area contributed by atoms with E-state index in [1.807, 2.05) is 20.8 Å². The Morgan fingerprint density at radius 1 is 1.33 bits per heavy atom. The molecule has 0 unspecified atom stereocenters. The molecular weight excluding hydrogens is 310 g/mol. The van der Waals surface area contributed by atoms with E-state index in [1.54, 1.807) is 0 Å². The number of hydrogen-bond donors (Lipinski definition) is 3. The summed E-state index contributed by atoms with van der Waals surface area (Å²) < 4.78 is 5.26. The maximum Gasteiger partial charge on any atom is 0.407 e. The molecule has 0 bridgehead atoms. The summed E-state index contributed by atoms with van der Waals surface area (Å²) in [6, 6.07) is -0.151. The minimum absolute atomic E-state index is 0.151. The van der Waals surface area contributed by atoms with Crippen LogP contribution in [0, 0.1) is 5.92 Å². The molecule has 24 heavy (non-hydrogen) atoms. The second kappa shape index (κ2) is 8.12. The van der Waals surface area contributed by atoms with Crippen LogP contribution in [-0.2, 0) is 4.74 Å². The van der Waals surface area contributed by atoms with Gasteiger partial charge in [0.15, 0.2) is 5.69 Å². The van der Waals surface area contributed by atoms with Crippen LogP contribution in [0.2, 0.25) is 0 Å². The van der Waals surface area contributed by atoms with Gasteiger partial charge in [-0.3, -0.25) is 4.79 Å². The van der Waals surface area contributed by atoms with E-state index in [1.165, 1.54) is 12.6 Å². The van der Waals surface area contributed by atoms with Crippen molar-refractivity contribution in [2.45, 2.75) is 64.5 Å². The topological polar surface area (TPSA) is 109 Å². The molecule has 3 N–H and O–H groups in total. The summed E-state index contributed by atoms with van der Waals surface area (Å²) in [7, 11) is 0. The number of hydrogen-bond acceptors (Lipinski definition) is 5. The molecule has 8 heteroatoms. The number of H-pyrrole nitrogens is 1. The Hall–Kier alpha value is -2.12. The van der Waals surface area contributed by atoms with Crippen LogP contribution in [-0.4, -0.2) is 45.6 Å². The molecule has 2 amide bonds. The molecule has 8 nitrogen and oxygen atoms in total. The van der Waals surface area contributed by atoms with E-state index in [0.29, 0.717) is 12.5 Å². The Labute approximate surface area is 142 Å². The lowest BCUT2D eigenvalue weighted by Crippen LogP contribution is -2.49. The van der Waals surface area contributed by atoms with E-state index in [9.17, 15) is 9.59 Å². The SMILES string of the molecule is CC(C)(C)OC(=O)NC[C@H](NC(=O)c1cn[nH]n1)C1CCCCC1. The van der Waals surface area contributed by atoms with E-state index in [2.05, 4.69) is 26.0 Å². The van der Waals surface area contributed by atoms with Gasteiger partial charge in [-0.15, -0.1) is 0 Å². The van der Waals surface area contributed by atoms with Crippen molar-refractivity contribution in [3.63, 3.8) is 0 Å². The predicted octanol–water partition coefficient (Wildman–Crippen LogP) is 2.01. The number of nitrogens with zero attached hydrogens (tertiary/aromatic N) is 2. The van der Waals surface area contributed by atoms with Crippen molar-refractivity contribution >= 4 is 12.0 Å². The summed E-state index contributed by atoms with van der Waals surface area (Å²) in [5.74, 6) is 0.0508. The first-order chi connectivity index (χ1) is 11.3. The predicted molar refractivity (Wildman–Crippen MR) is 88.4 cm³/mol. The Morgan fingerprint density at radius 3 is 2.62 bits per heavy atom. The number of alkyl carbamates (subject to hydrolysis) is 1. The monoisotopic (exact) mass is 337 g/mol. The van der Waals surface area contributed by atoms with Crippen molar-refractivity contribution in [1.82, 2.24) is 26.0 Å². The molecule has 0 saturated heterocycles. The van der Waals surface area contributed by atoms with Gasteiger partial charge in [0.2, 0.25) is 0 Å². The average molecular weight is 337 g/mol. The third-order valence-electron chi connectivity index (χ3n) is 4.05. The zero-order valence-corrected chi connectivity index (χ0v) is 14.6. The molecule has 134 valence electrons. The lowest BCUT2D eigenvalue weighted by Gasteiger charge is -2.31. The fourth-order valence-corrected chi connectivity index (χ4v) is 2.93. The Bertz CT molecular complexity index is 532. The molecule has 1 atom stereocenters. The van der Waals surface area contributed by atoms with Crippen LogP contribution in [0.3, 0.4) is 0 Å². The second-order valence-corrected chi connectivity index (χ2v) is 7.22. The molecule has 1 aliphatic rings. The highest BCUT2D eigenvalue weighted by molar-refractivity contribution is 5.92. The summed E-state index contributed by atoms with van der Waals surface area (Å²) in [6.45, 7) is 5.79. The van der Waals surface area contributed by atoms with Crippen molar-refractivity contribution in [3.8, 4) is 0 Å². The van der Waals surface area contributed by atoms with Crippen LogP contribution in [0.4, 0.5) is 4.79 Å². The first-order valence-electron chi connectivity index (χ1n) is 8.48. The number of rotatable bonds is 5. The summed E-state index contributed by atoms with van der Waals surface area (Å²) >= 11 is 0. The quantitative estimate of drug-likeness (QED) is 0.761. The molecule has 1 aromatic heterocycles. The molecule has 1 heterocycles. The number of carbonyl (C=O) groups excluding carboxylic acids is 2. The van der Waals surface area contributed by atoms with Crippen molar-refractivity contribution in [2.75, 3.05) is 6.54 Å². The fraction of sp³-hybridized carbons (Fsp3) is 0.750. The van der Waals surface area contributed by atoms with E-state index in [0.717, 1.165) is 25.7 Å². The van der Waals surface area contributed by atoms with Crippen molar-refractivity contribution in [3.05, 3.63) is 11.9 Å². The third kappa shape index (κ3) is 5.82. The summed E-state index contributed by atoms with van der Waals surface area (Å²) in [4.78, 5) is 24.1. The van der Waals surface area contributed by atoms with Crippen molar-refractivity contribution < 1.29 is 14.3 Å². The standard InChI is InChI=1S/C16H27N5O3/c1-16(2,3)24-15(23)17-9-12(11-7-5-4-6-8-11)19-14(22)13-10-18-21-20-13/h10-12H,4-9H2,1-3H3,(H,17,23)(H,19,22)(H,18,20,21)/t12-/m0/s1. The van der Waals surface area contributed by atoms with Crippen LogP contribution < -0.4 is 10.6 Å². The Morgan fingerprint density at radius 2 is 2.04 bits per heavy atom. The molecule has 1 aromatic rings. The van der Waals surface area contributed by atoms with Crippen molar-refractivity contribution in [2.24, 2.45) is 5.92 Å². The van der Waals surface area contributed by atoms with E-state index >= 15 is 0 Å². The minimum atomic E-state index is -0.547. The number of carbonyl (C=O) groups is 2. The van der Waals surface area contributed by atoms with Gasteiger partial charge in [-0.1, -0.05) is 19.3 Å². The Kier molecular flexibility index (Phi) is 6.16. The summed E-state index contributed by atoms with van der Waals surface area (Å²) in [5.41, 5.74) is -0.304. The number of amides is 2. The van der Waals surface area contributed by atoms with E-state index in [-0.39, 0.29) is 17.6 Å². The summed E-state index contributed by atoms with van der Waals surface area (Å²) in [6.07, 6.45) is 6.51. The van der Waals surface area contributed by atoms with Crippen molar-refractivity contribution in [1.29, 1.82) is 0 Å². The van der Waals surface area contributed by atoms with Gasteiger partial charge in [0.05, 0.1) is 6.20 Å². The van der Waals surface area contributed by atoms with Gasteiger partial charge < -0.3 is 15.4 Å². The summed E-state index contributed by atoms with van der Waals surface area (Å²) in [5, 5.41) is 15.6. The molecule has 0 aliphatic heterocycles. The molecule has 0 aromatic carbocycles. The van der Waals surface area contributed by atoms with Gasteiger partial charge in [-0.2, -0.15) is 15.4 Å². The molecular formula is C16H27N5O3. The average Bonchev–Trinajstić information content (AvgIpc) is 3.05. The van der Waals surface area contributed by atoms with Gasteiger partial charge in [0.1, 0.15) is 5.60 Å². The van der Waals surface area contributed by atoms with Gasteiger partial charge in [-0.25, -0.2) is 4.79 Å². The van der Waals surface area contributed by atoms with Gasteiger partial charge in [-0.05, 0) is 39.5 Å². The second-order valence-electron chi connectivity index (χ2n) is 7.22. The number of aromatic nitrogens is 3. The van der Waals surface area contributed by atoms with Crippen LogP contribution in [0.5, 0.6) is 0 Å². The zero-order chi connectivity index (χ0) is 17.6. The minimum Gasteiger partial charge on any atom is -0.444 e.